The Kier molecular flexibility index (Phi) is 4.76. The van der Waals surface area contributed by atoms with Gasteiger partial charge in [-0.2, -0.15) is 0 Å². The zero-order valence-electron chi connectivity index (χ0n) is 12.2. The largest absolute Gasteiger partial charge is 0.383 e. The Hall–Kier alpha value is -1.42. The fraction of sp³-hybridized carbons (Fsp3) is 0.375. The standard InChI is InChI=1S/C16H20BrN3/c1-4-5-13-15(17)16(18)20-14(19-13)9-12-7-6-10(2)11(3)8-12/h6-8H,4-5,9H2,1-3H3,(H2,18,19,20). The molecule has 0 atom stereocenters. The Bertz CT molecular complexity index is 623. The molecule has 2 rings (SSSR count). The van der Waals surface area contributed by atoms with E-state index in [0.29, 0.717) is 5.82 Å². The van der Waals surface area contributed by atoms with Crippen LogP contribution in [0.1, 0.15) is 41.6 Å². The molecule has 0 spiro atoms. The van der Waals surface area contributed by atoms with Crippen LogP contribution in [0.2, 0.25) is 0 Å². The molecule has 0 aliphatic heterocycles. The van der Waals surface area contributed by atoms with Crippen LogP contribution in [0.3, 0.4) is 0 Å². The molecule has 106 valence electrons. The van der Waals surface area contributed by atoms with Gasteiger partial charge in [-0.1, -0.05) is 31.5 Å². The molecule has 1 aromatic heterocycles. The second-order valence-corrected chi connectivity index (χ2v) is 5.92. The molecule has 0 radical (unpaired) electrons. The number of aromatic nitrogens is 2. The molecular weight excluding hydrogens is 314 g/mol. The van der Waals surface area contributed by atoms with E-state index in [1.54, 1.807) is 0 Å². The van der Waals surface area contributed by atoms with Crippen LogP contribution in [-0.2, 0) is 12.8 Å². The van der Waals surface area contributed by atoms with Gasteiger partial charge in [0, 0.05) is 6.42 Å². The number of anilines is 1. The van der Waals surface area contributed by atoms with E-state index < -0.39 is 0 Å². The molecule has 0 saturated heterocycles. The first-order valence-electron chi connectivity index (χ1n) is 6.88. The third-order valence-electron chi connectivity index (χ3n) is 3.41. The van der Waals surface area contributed by atoms with Crippen LogP contribution in [-0.4, -0.2) is 9.97 Å². The van der Waals surface area contributed by atoms with Gasteiger partial charge in [0.25, 0.3) is 0 Å². The zero-order valence-corrected chi connectivity index (χ0v) is 13.8. The predicted octanol–water partition coefficient (Wildman–Crippen LogP) is 3.98. The lowest BCUT2D eigenvalue weighted by atomic mass is 10.0. The van der Waals surface area contributed by atoms with Crippen molar-refractivity contribution in [3.63, 3.8) is 0 Å². The van der Waals surface area contributed by atoms with E-state index in [1.165, 1.54) is 16.7 Å². The first kappa shape index (κ1) is 15.0. The first-order valence-corrected chi connectivity index (χ1v) is 7.67. The fourth-order valence-corrected chi connectivity index (χ4v) is 2.52. The summed E-state index contributed by atoms with van der Waals surface area (Å²) in [6.07, 6.45) is 2.67. The number of hydrogen-bond acceptors (Lipinski definition) is 3. The van der Waals surface area contributed by atoms with Gasteiger partial charge in [0.1, 0.15) is 11.6 Å². The third-order valence-corrected chi connectivity index (χ3v) is 4.28. The quantitative estimate of drug-likeness (QED) is 0.920. The van der Waals surface area contributed by atoms with Crippen molar-refractivity contribution in [3.8, 4) is 0 Å². The Morgan fingerprint density at radius 2 is 1.90 bits per heavy atom. The molecule has 0 aliphatic carbocycles. The summed E-state index contributed by atoms with van der Waals surface area (Å²) in [5.41, 5.74) is 10.8. The summed E-state index contributed by atoms with van der Waals surface area (Å²) in [4.78, 5) is 9.02. The summed E-state index contributed by atoms with van der Waals surface area (Å²) < 4.78 is 0.836. The average molecular weight is 334 g/mol. The summed E-state index contributed by atoms with van der Waals surface area (Å²) in [6, 6.07) is 6.46. The number of nitrogens with zero attached hydrogens (tertiary/aromatic N) is 2. The average Bonchev–Trinajstić information content (AvgIpc) is 2.40. The minimum absolute atomic E-state index is 0.530. The molecular formula is C16H20BrN3. The van der Waals surface area contributed by atoms with Crippen LogP contribution >= 0.6 is 15.9 Å². The van der Waals surface area contributed by atoms with Crippen molar-refractivity contribution in [3.05, 3.63) is 50.9 Å². The van der Waals surface area contributed by atoms with E-state index >= 15 is 0 Å². The number of nitrogens with two attached hydrogens (primary N) is 1. The van der Waals surface area contributed by atoms with Gasteiger partial charge in [-0.05, 0) is 52.9 Å². The normalized spacial score (nSPS) is 10.8. The molecule has 0 bridgehead atoms. The van der Waals surface area contributed by atoms with Crippen molar-refractivity contribution < 1.29 is 0 Å². The van der Waals surface area contributed by atoms with E-state index in [9.17, 15) is 0 Å². The number of halogens is 1. The second-order valence-electron chi connectivity index (χ2n) is 5.13. The van der Waals surface area contributed by atoms with E-state index in [2.05, 4.69) is 64.9 Å². The Morgan fingerprint density at radius 3 is 2.55 bits per heavy atom. The molecule has 4 heteroatoms. The molecule has 0 amide bonds. The highest BCUT2D eigenvalue weighted by Crippen LogP contribution is 2.23. The van der Waals surface area contributed by atoms with Gasteiger partial charge in [-0.15, -0.1) is 0 Å². The maximum atomic E-state index is 5.96. The van der Waals surface area contributed by atoms with Crippen molar-refractivity contribution in [1.82, 2.24) is 9.97 Å². The smallest absolute Gasteiger partial charge is 0.141 e. The van der Waals surface area contributed by atoms with Gasteiger partial charge in [0.15, 0.2) is 0 Å². The van der Waals surface area contributed by atoms with Crippen molar-refractivity contribution >= 4 is 21.7 Å². The molecule has 1 heterocycles. The Balaban J connectivity index is 2.31. The molecule has 3 nitrogen and oxygen atoms in total. The van der Waals surface area contributed by atoms with Gasteiger partial charge in [0.05, 0.1) is 10.2 Å². The molecule has 2 N–H and O–H groups in total. The number of nitrogen functional groups attached to an aromatic ring is 1. The van der Waals surface area contributed by atoms with Crippen molar-refractivity contribution in [2.45, 2.75) is 40.0 Å². The number of hydrogen-bond donors (Lipinski definition) is 1. The van der Waals surface area contributed by atoms with Crippen LogP contribution in [0.4, 0.5) is 5.82 Å². The molecule has 0 aliphatic rings. The van der Waals surface area contributed by atoms with Gasteiger partial charge >= 0.3 is 0 Å². The highest BCUT2D eigenvalue weighted by molar-refractivity contribution is 9.10. The Morgan fingerprint density at radius 1 is 1.15 bits per heavy atom. The molecule has 2 aromatic rings. The Labute approximate surface area is 128 Å². The van der Waals surface area contributed by atoms with Crippen molar-refractivity contribution in [1.29, 1.82) is 0 Å². The molecule has 0 saturated carbocycles. The van der Waals surface area contributed by atoms with Gasteiger partial charge in [0.2, 0.25) is 0 Å². The predicted molar refractivity (Wildman–Crippen MR) is 86.9 cm³/mol. The van der Waals surface area contributed by atoms with Gasteiger partial charge in [-0.25, -0.2) is 9.97 Å². The number of rotatable bonds is 4. The molecule has 0 fully saturated rings. The van der Waals surface area contributed by atoms with E-state index in [0.717, 1.165) is 35.3 Å². The van der Waals surface area contributed by atoms with E-state index in [4.69, 9.17) is 5.73 Å². The van der Waals surface area contributed by atoms with Crippen LogP contribution in [0.25, 0.3) is 0 Å². The maximum Gasteiger partial charge on any atom is 0.141 e. The zero-order chi connectivity index (χ0) is 14.7. The third kappa shape index (κ3) is 3.37. The molecule has 0 unspecified atom stereocenters. The first-order chi connectivity index (χ1) is 9.51. The summed E-state index contributed by atoms with van der Waals surface area (Å²) in [5, 5.41) is 0. The van der Waals surface area contributed by atoms with Crippen LogP contribution in [0.5, 0.6) is 0 Å². The van der Waals surface area contributed by atoms with E-state index in [-0.39, 0.29) is 0 Å². The van der Waals surface area contributed by atoms with Crippen LogP contribution in [0.15, 0.2) is 22.7 Å². The lowest BCUT2D eigenvalue weighted by Gasteiger charge is -2.09. The number of aryl methyl sites for hydroxylation is 3. The van der Waals surface area contributed by atoms with E-state index in [1.807, 2.05) is 0 Å². The highest BCUT2D eigenvalue weighted by atomic mass is 79.9. The van der Waals surface area contributed by atoms with Crippen molar-refractivity contribution in [2.24, 2.45) is 0 Å². The minimum atomic E-state index is 0.530. The van der Waals surface area contributed by atoms with Gasteiger partial charge in [-0.3, -0.25) is 0 Å². The fourth-order valence-electron chi connectivity index (χ4n) is 2.14. The summed E-state index contributed by atoms with van der Waals surface area (Å²) in [7, 11) is 0. The topological polar surface area (TPSA) is 51.8 Å². The molecule has 1 aromatic carbocycles. The molecule has 20 heavy (non-hydrogen) atoms. The maximum absolute atomic E-state index is 5.96. The lowest BCUT2D eigenvalue weighted by Crippen LogP contribution is -2.06. The summed E-state index contributed by atoms with van der Waals surface area (Å²) in [5.74, 6) is 1.32. The minimum Gasteiger partial charge on any atom is -0.383 e. The second kappa shape index (κ2) is 6.35. The highest BCUT2D eigenvalue weighted by Gasteiger charge is 2.10. The van der Waals surface area contributed by atoms with Crippen molar-refractivity contribution in [2.75, 3.05) is 5.73 Å². The van der Waals surface area contributed by atoms with Crippen LogP contribution in [0, 0.1) is 13.8 Å². The SMILES string of the molecule is CCCc1nc(Cc2ccc(C)c(C)c2)nc(N)c1Br. The summed E-state index contributed by atoms with van der Waals surface area (Å²) in [6.45, 7) is 6.37. The lowest BCUT2D eigenvalue weighted by molar-refractivity contribution is 0.837. The summed E-state index contributed by atoms with van der Waals surface area (Å²) >= 11 is 3.47. The van der Waals surface area contributed by atoms with Crippen LogP contribution < -0.4 is 5.73 Å². The van der Waals surface area contributed by atoms with Gasteiger partial charge < -0.3 is 5.73 Å². The number of benzene rings is 1. The monoisotopic (exact) mass is 333 g/mol.